The summed E-state index contributed by atoms with van der Waals surface area (Å²) in [5.41, 5.74) is 1.20. The molecule has 1 saturated heterocycles. The molecule has 2 aromatic carbocycles. The number of anilines is 1. The monoisotopic (exact) mass is 452 g/mol. The number of hydrogen-bond acceptors (Lipinski definition) is 5. The highest BCUT2D eigenvalue weighted by Crippen LogP contribution is 2.32. The Kier molecular flexibility index (Phi) is 7.23. The molecule has 1 amide bonds. The molecule has 1 heterocycles. The number of ether oxygens (including phenoxy) is 2. The molecule has 0 saturated carbocycles. The minimum Gasteiger partial charge on any atom is -0.495 e. The largest absolute Gasteiger partial charge is 0.495 e. The summed E-state index contributed by atoms with van der Waals surface area (Å²) in [6.45, 7) is 2.51. The second kappa shape index (κ2) is 9.68. The molecule has 1 fully saturated rings. The number of aryl methyl sites for hydroxylation is 1. The Hall–Kier alpha value is -2.29. The molecule has 0 aliphatic carbocycles. The molecule has 9 heteroatoms. The van der Waals surface area contributed by atoms with Crippen molar-refractivity contribution in [1.82, 2.24) is 5.32 Å². The Labute approximate surface area is 182 Å². The lowest BCUT2D eigenvalue weighted by Gasteiger charge is -2.25. The first-order chi connectivity index (χ1) is 14.3. The Morgan fingerprint density at radius 2 is 2.00 bits per heavy atom. The van der Waals surface area contributed by atoms with Crippen LogP contribution in [0.5, 0.6) is 5.75 Å². The summed E-state index contributed by atoms with van der Waals surface area (Å²) in [4.78, 5) is 12.7. The number of benzene rings is 2. The van der Waals surface area contributed by atoms with E-state index in [0.717, 1.165) is 22.7 Å². The summed E-state index contributed by atoms with van der Waals surface area (Å²) in [6.07, 6.45) is 1.80. The smallest absolute Gasteiger partial charge is 0.264 e. The number of hydrogen-bond donors (Lipinski definition) is 1. The van der Waals surface area contributed by atoms with Crippen molar-refractivity contribution in [2.75, 3.05) is 31.1 Å². The standard InChI is InChI=1S/C21H25ClN2O5S/c1-15-5-8-18(9-6-15)30(26,27)24(16-7-10-20(28-2)19(22)12-16)14-21(25)23-13-17-4-3-11-29-17/h5-10,12,17H,3-4,11,13-14H2,1-2H3,(H,23,25)/t17-/m1/s1. The van der Waals surface area contributed by atoms with Crippen LogP contribution in [0.25, 0.3) is 0 Å². The lowest BCUT2D eigenvalue weighted by atomic mass is 10.2. The van der Waals surface area contributed by atoms with Gasteiger partial charge < -0.3 is 14.8 Å². The third-order valence-electron chi connectivity index (χ3n) is 4.87. The van der Waals surface area contributed by atoms with E-state index in [4.69, 9.17) is 21.1 Å². The summed E-state index contributed by atoms with van der Waals surface area (Å²) in [5, 5.41) is 3.02. The fourth-order valence-corrected chi connectivity index (χ4v) is 4.85. The van der Waals surface area contributed by atoms with Crippen LogP contribution in [0, 0.1) is 6.92 Å². The Bertz CT molecular complexity index is 989. The van der Waals surface area contributed by atoms with Gasteiger partial charge in [0.15, 0.2) is 0 Å². The molecule has 3 rings (SSSR count). The van der Waals surface area contributed by atoms with Crippen LogP contribution < -0.4 is 14.4 Å². The van der Waals surface area contributed by atoms with Crippen molar-refractivity contribution in [3.8, 4) is 5.75 Å². The molecule has 0 bridgehead atoms. The number of nitrogens with one attached hydrogen (secondary N) is 1. The molecule has 0 aromatic heterocycles. The Morgan fingerprint density at radius 3 is 2.60 bits per heavy atom. The van der Waals surface area contributed by atoms with Gasteiger partial charge in [0.05, 0.1) is 28.8 Å². The molecule has 1 aliphatic rings. The summed E-state index contributed by atoms with van der Waals surface area (Å²) in [6, 6.07) is 11.1. The van der Waals surface area contributed by atoms with Crippen LogP contribution in [-0.4, -0.2) is 47.2 Å². The quantitative estimate of drug-likeness (QED) is 0.665. The lowest BCUT2D eigenvalue weighted by Crippen LogP contribution is -2.42. The van der Waals surface area contributed by atoms with Gasteiger partial charge in [-0.2, -0.15) is 0 Å². The second-order valence-electron chi connectivity index (χ2n) is 7.08. The van der Waals surface area contributed by atoms with Crippen LogP contribution in [-0.2, 0) is 19.6 Å². The molecule has 1 N–H and O–H groups in total. The molecule has 7 nitrogen and oxygen atoms in total. The number of methoxy groups -OCH3 is 1. The molecule has 1 aliphatic heterocycles. The van der Waals surface area contributed by atoms with Crippen LogP contribution in [0.2, 0.25) is 5.02 Å². The van der Waals surface area contributed by atoms with Crippen molar-refractivity contribution >= 4 is 33.2 Å². The topological polar surface area (TPSA) is 84.9 Å². The molecule has 2 aromatic rings. The minimum atomic E-state index is -4.00. The van der Waals surface area contributed by atoms with Crippen molar-refractivity contribution in [3.05, 3.63) is 53.1 Å². The van der Waals surface area contributed by atoms with Crippen LogP contribution >= 0.6 is 11.6 Å². The van der Waals surface area contributed by atoms with Gasteiger partial charge in [0.2, 0.25) is 5.91 Å². The zero-order valence-corrected chi connectivity index (χ0v) is 18.5. The van der Waals surface area contributed by atoms with Gasteiger partial charge >= 0.3 is 0 Å². The number of amides is 1. The van der Waals surface area contributed by atoms with Crippen LogP contribution in [0.15, 0.2) is 47.4 Å². The maximum Gasteiger partial charge on any atom is 0.264 e. The molecule has 162 valence electrons. The van der Waals surface area contributed by atoms with Crippen LogP contribution in [0.4, 0.5) is 5.69 Å². The first kappa shape index (κ1) is 22.4. The van der Waals surface area contributed by atoms with Crippen LogP contribution in [0.1, 0.15) is 18.4 Å². The van der Waals surface area contributed by atoms with E-state index in [1.54, 1.807) is 24.3 Å². The van der Waals surface area contributed by atoms with E-state index in [-0.39, 0.29) is 28.3 Å². The number of sulfonamides is 1. The van der Waals surface area contributed by atoms with Gasteiger partial charge in [-0.25, -0.2) is 8.42 Å². The molecule has 1 atom stereocenters. The predicted octanol–water partition coefficient (Wildman–Crippen LogP) is 3.15. The van der Waals surface area contributed by atoms with E-state index in [2.05, 4.69) is 5.32 Å². The fourth-order valence-electron chi connectivity index (χ4n) is 3.18. The van der Waals surface area contributed by atoms with Gasteiger partial charge in [0, 0.05) is 13.2 Å². The van der Waals surface area contributed by atoms with Gasteiger partial charge in [-0.05, 0) is 50.1 Å². The van der Waals surface area contributed by atoms with Crippen molar-refractivity contribution in [2.24, 2.45) is 0 Å². The second-order valence-corrected chi connectivity index (χ2v) is 9.35. The molecular formula is C21H25ClN2O5S. The van der Waals surface area contributed by atoms with Gasteiger partial charge in [-0.3, -0.25) is 9.10 Å². The summed E-state index contributed by atoms with van der Waals surface area (Å²) < 4.78 is 38.4. The first-order valence-electron chi connectivity index (χ1n) is 9.62. The van der Waals surface area contributed by atoms with E-state index in [9.17, 15) is 13.2 Å². The fraction of sp³-hybridized carbons (Fsp3) is 0.381. The van der Waals surface area contributed by atoms with Gasteiger partial charge in [0.25, 0.3) is 10.0 Å². The maximum atomic E-state index is 13.4. The van der Waals surface area contributed by atoms with E-state index in [0.29, 0.717) is 18.9 Å². The van der Waals surface area contributed by atoms with E-state index in [1.807, 2.05) is 6.92 Å². The van der Waals surface area contributed by atoms with Crippen molar-refractivity contribution in [3.63, 3.8) is 0 Å². The first-order valence-corrected chi connectivity index (χ1v) is 11.4. The normalized spacial score (nSPS) is 16.3. The van der Waals surface area contributed by atoms with E-state index in [1.165, 1.54) is 25.3 Å². The van der Waals surface area contributed by atoms with Crippen molar-refractivity contribution in [1.29, 1.82) is 0 Å². The third kappa shape index (κ3) is 5.24. The molecule has 0 radical (unpaired) electrons. The van der Waals surface area contributed by atoms with E-state index >= 15 is 0 Å². The van der Waals surface area contributed by atoms with E-state index < -0.39 is 15.9 Å². The predicted molar refractivity (Wildman–Crippen MR) is 116 cm³/mol. The zero-order valence-electron chi connectivity index (χ0n) is 16.9. The SMILES string of the molecule is COc1ccc(N(CC(=O)NC[C@H]2CCCO2)S(=O)(=O)c2ccc(C)cc2)cc1Cl. The van der Waals surface area contributed by atoms with Crippen molar-refractivity contribution < 1.29 is 22.7 Å². The zero-order chi connectivity index (χ0) is 21.7. The lowest BCUT2D eigenvalue weighted by molar-refractivity contribution is -0.120. The Balaban J connectivity index is 1.88. The Morgan fingerprint density at radius 1 is 1.27 bits per heavy atom. The highest BCUT2D eigenvalue weighted by molar-refractivity contribution is 7.92. The highest BCUT2D eigenvalue weighted by Gasteiger charge is 2.28. The highest BCUT2D eigenvalue weighted by atomic mass is 35.5. The van der Waals surface area contributed by atoms with Crippen LogP contribution in [0.3, 0.4) is 0 Å². The van der Waals surface area contributed by atoms with Gasteiger partial charge in [-0.1, -0.05) is 29.3 Å². The average Bonchev–Trinajstić information content (AvgIpc) is 3.24. The number of carbonyl (C=O) groups is 1. The third-order valence-corrected chi connectivity index (χ3v) is 6.95. The molecular weight excluding hydrogens is 428 g/mol. The average molecular weight is 453 g/mol. The van der Waals surface area contributed by atoms with Crippen molar-refractivity contribution in [2.45, 2.75) is 30.8 Å². The number of carbonyl (C=O) groups excluding carboxylic acids is 1. The number of rotatable bonds is 8. The molecule has 0 unspecified atom stereocenters. The molecule has 0 spiro atoms. The summed E-state index contributed by atoms with van der Waals surface area (Å²) in [5.74, 6) is -0.0101. The van der Waals surface area contributed by atoms with Gasteiger partial charge in [0.1, 0.15) is 12.3 Å². The summed E-state index contributed by atoms with van der Waals surface area (Å²) in [7, 11) is -2.53. The summed E-state index contributed by atoms with van der Waals surface area (Å²) >= 11 is 6.21. The maximum absolute atomic E-state index is 13.4. The van der Waals surface area contributed by atoms with Gasteiger partial charge in [-0.15, -0.1) is 0 Å². The molecule has 30 heavy (non-hydrogen) atoms. The number of halogens is 1. The minimum absolute atomic E-state index is 0.0356. The number of nitrogens with zero attached hydrogens (tertiary/aromatic N) is 1.